The molecule has 0 spiro atoms. The van der Waals surface area contributed by atoms with Crippen molar-refractivity contribution in [2.45, 2.75) is 10.8 Å². The van der Waals surface area contributed by atoms with Crippen LogP contribution >= 0.6 is 7.82 Å². The van der Waals surface area contributed by atoms with Crippen LogP contribution in [0.3, 0.4) is 0 Å². The molecule has 3 N–H and O–H groups in total. The van der Waals surface area contributed by atoms with E-state index >= 15 is 0 Å². The third-order valence-corrected chi connectivity index (χ3v) is 3.89. The molecule has 82 valence electrons. The van der Waals surface area contributed by atoms with E-state index in [1.54, 1.807) is 6.92 Å². The Morgan fingerprint density at radius 1 is 1.69 bits per heavy atom. The summed E-state index contributed by atoms with van der Waals surface area (Å²) >= 11 is -0.714. The Hall–Kier alpha value is 0.760. The van der Waals surface area contributed by atoms with Crippen molar-refractivity contribution in [2.75, 3.05) is 19.8 Å². The predicted molar refractivity (Wildman–Crippen MR) is 40.2 cm³/mol. The van der Waals surface area contributed by atoms with Crippen LogP contribution in [-0.4, -0.2) is 28.9 Å². The van der Waals surface area contributed by atoms with Crippen molar-refractivity contribution in [2.24, 2.45) is 3.95 Å². The molecule has 0 amide bonds. The van der Waals surface area contributed by atoms with E-state index in [-0.39, 0.29) is 23.7 Å². The first kappa shape index (κ1) is 13.8. The van der Waals surface area contributed by atoms with Crippen molar-refractivity contribution in [1.82, 2.24) is 0 Å². The van der Waals surface area contributed by atoms with Gasteiger partial charge in [-0.15, -0.1) is 0 Å². The van der Waals surface area contributed by atoms with Gasteiger partial charge in [0.1, 0.15) is 0 Å². The number of nitrogens with two attached hydrogens (primary N) is 1. The van der Waals surface area contributed by atoms with Gasteiger partial charge in [0, 0.05) is 0 Å². The monoisotopic (exact) mass is 325 g/mol. The van der Waals surface area contributed by atoms with Crippen LogP contribution in [0.1, 0.15) is 6.92 Å². The molecule has 0 saturated heterocycles. The van der Waals surface area contributed by atoms with E-state index in [1.165, 1.54) is 0 Å². The molecule has 0 rings (SSSR count). The Morgan fingerprint density at radius 3 is 2.69 bits per heavy atom. The molecular formula is C5H13INO5P-2. The van der Waals surface area contributed by atoms with Gasteiger partial charge in [0.15, 0.2) is 0 Å². The molecule has 0 radical (unpaired) electrons. The quantitative estimate of drug-likeness (QED) is 0.213. The zero-order chi connectivity index (χ0) is 10.3. The SMILES string of the molecule is CCOP(=O)([O-])OCC(CO)[I-]N. The van der Waals surface area contributed by atoms with Crippen LogP contribution in [0.15, 0.2) is 0 Å². The Bertz CT molecular complexity index is 176. The molecular weight excluding hydrogens is 312 g/mol. The molecule has 0 aromatic rings. The average molecular weight is 325 g/mol. The number of halogens is 1. The van der Waals surface area contributed by atoms with Crippen LogP contribution in [0.25, 0.3) is 0 Å². The standard InChI is InChI=1S/C5H14INO5P/c1-2-11-13(9,10)12-4-5(3-8)6-7/h5,8H,2-4,7H2,1H3,(H,9,10)/q-1/p-1. The van der Waals surface area contributed by atoms with Gasteiger partial charge in [0.05, 0.1) is 0 Å². The molecule has 0 heterocycles. The fourth-order valence-corrected chi connectivity index (χ4v) is 2.15. The molecule has 0 aliphatic heterocycles. The fourth-order valence-electron chi connectivity index (χ4n) is 0.496. The minimum atomic E-state index is -4.17. The number of aliphatic hydroxyl groups is 1. The van der Waals surface area contributed by atoms with E-state index in [2.05, 4.69) is 9.05 Å². The van der Waals surface area contributed by atoms with Crippen molar-refractivity contribution in [3.63, 3.8) is 0 Å². The molecule has 0 fully saturated rings. The van der Waals surface area contributed by atoms with Crippen LogP contribution in [0, 0.1) is 0 Å². The summed E-state index contributed by atoms with van der Waals surface area (Å²) in [5, 5.41) is 8.69. The molecule has 2 atom stereocenters. The molecule has 0 aromatic carbocycles. The molecule has 0 aliphatic carbocycles. The van der Waals surface area contributed by atoms with Crippen molar-refractivity contribution in [3.8, 4) is 0 Å². The number of phosphoric acid groups is 1. The third kappa shape index (κ3) is 6.78. The second kappa shape index (κ2) is 7.10. The summed E-state index contributed by atoms with van der Waals surface area (Å²) in [4.78, 5) is 10.8. The van der Waals surface area contributed by atoms with E-state index < -0.39 is 29.3 Å². The number of aliphatic hydroxyl groups excluding tert-OH is 1. The molecule has 13 heavy (non-hydrogen) atoms. The minimum absolute atomic E-state index is 0.0439. The summed E-state index contributed by atoms with van der Waals surface area (Å²) in [5.74, 6) is 0. The Labute approximate surface area is 87.6 Å². The first-order valence-corrected chi connectivity index (χ1v) is 7.54. The van der Waals surface area contributed by atoms with Gasteiger partial charge >= 0.3 is 87.5 Å². The zero-order valence-corrected chi connectivity index (χ0v) is 10.2. The van der Waals surface area contributed by atoms with Crippen LogP contribution in [0.2, 0.25) is 0 Å². The van der Waals surface area contributed by atoms with Gasteiger partial charge in [0.2, 0.25) is 0 Å². The van der Waals surface area contributed by atoms with Gasteiger partial charge in [-0.1, -0.05) is 0 Å². The fraction of sp³-hybridized carbons (Fsp3) is 1.00. The van der Waals surface area contributed by atoms with Crippen LogP contribution < -0.4 is 30.3 Å². The normalized spacial score (nSPS) is 18.5. The summed E-state index contributed by atoms with van der Waals surface area (Å²) in [6.45, 7) is 1.34. The first-order valence-electron chi connectivity index (χ1n) is 3.58. The number of hydrogen-bond acceptors (Lipinski definition) is 6. The second-order valence-corrected chi connectivity index (χ2v) is 5.96. The second-order valence-electron chi connectivity index (χ2n) is 2.07. The molecule has 0 aromatic heterocycles. The van der Waals surface area contributed by atoms with Crippen molar-refractivity contribution in [3.05, 3.63) is 0 Å². The zero-order valence-electron chi connectivity index (χ0n) is 7.18. The average Bonchev–Trinajstić information content (AvgIpc) is 2.06. The summed E-state index contributed by atoms with van der Waals surface area (Å²) in [5.41, 5.74) is 0. The summed E-state index contributed by atoms with van der Waals surface area (Å²) in [6.07, 6.45) is 0. The Kier molecular flexibility index (Phi) is 7.52. The van der Waals surface area contributed by atoms with Crippen LogP contribution in [-0.2, 0) is 13.6 Å². The van der Waals surface area contributed by atoms with Crippen molar-refractivity contribution < 1.29 is 45.1 Å². The van der Waals surface area contributed by atoms with Gasteiger partial charge < -0.3 is 0 Å². The molecule has 0 saturated carbocycles. The Balaban J connectivity index is 3.78. The van der Waals surface area contributed by atoms with E-state index in [0.717, 1.165) is 0 Å². The van der Waals surface area contributed by atoms with E-state index in [9.17, 15) is 9.46 Å². The first-order chi connectivity index (χ1) is 6.05. The number of rotatable bonds is 7. The van der Waals surface area contributed by atoms with Gasteiger partial charge in [-0.3, -0.25) is 0 Å². The van der Waals surface area contributed by atoms with Gasteiger partial charge in [-0.05, 0) is 0 Å². The summed E-state index contributed by atoms with van der Waals surface area (Å²) in [7, 11) is -4.17. The van der Waals surface area contributed by atoms with Crippen LogP contribution in [0.5, 0.6) is 0 Å². The van der Waals surface area contributed by atoms with Gasteiger partial charge in [0.25, 0.3) is 0 Å². The third-order valence-electron chi connectivity index (χ3n) is 1.08. The van der Waals surface area contributed by atoms with Gasteiger partial charge in [-0.25, -0.2) is 0 Å². The van der Waals surface area contributed by atoms with Crippen LogP contribution in [0.4, 0.5) is 0 Å². The van der Waals surface area contributed by atoms with E-state index in [0.29, 0.717) is 0 Å². The molecule has 2 unspecified atom stereocenters. The number of alkyl halides is 1. The molecule has 0 bridgehead atoms. The molecule has 0 aliphatic rings. The summed E-state index contributed by atoms with van der Waals surface area (Å²) < 4.78 is 24.7. The maximum atomic E-state index is 10.8. The number of phosphoric ester groups is 1. The van der Waals surface area contributed by atoms with Crippen molar-refractivity contribution in [1.29, 1.82) is 0 Å². The Morgan fingerprint density at radius 2 is 2.31 bits per heavy atom. The topological polar surface area (TPSA) is 105 Å². The number of hydrogen-bond donors (Lipinski definition) is 2. The van der Waals surface area contributed by atoms with Gasteiger partial charge in [-0.2, -0.15) is 0 Å². The molecule has 6 nitrogen and oxygen atoms in total. The van der Waals surface area contributed by atoms with E-state index in [4.69, 9.17) is 9.05 Å². The maximum absolute atomic E-state index is 10.8. The molecule has 8 heteroatoms. The van der Waals surface area contributed by atoms with E-state index in [1.807, 2.05) is 0 Å². The van der Waals surface area contributed by atoms with Crippen molar-refractivity contribution >= 4 is 7.82 Å². The predicted octanol–water partition coefficient (Wildman–Crippen LogP) is -4.17. The summed E-state index contributed by atoms with van der Waals surface area (Å²) in [6, 6.07) is 0.